The quantitative estimate of drug-likeness (QED) is 0.216. The minimum absolute atomic E-state index is 0. The van der Waals surface area contributed by atoms with Crippen molar-refractivity contribution in [2.75, 3.05) is 53.5 Å². The first-order valence-corrected chi connectivity index (χ1v) is 11.8. The molecule has 6 nitrogen and oxygen atoms in total. The first-order valence-electron chi connectivity index (χ1n) is 11.8. The second kappa shape index (κ2) is 15.0. The van der Waals surface area contributed by atoms with Crippen LogP contribution in [0.25, 0.3) is 0 Å². The zero-order chi connectivity index (χ0) is 21.0. The Morgan fingerprint density at radius 3 is 2.52 bits per heavy atom. The maximum atomic E-state index is 5.48. The van der Waals surface area contributed by atoms with Crippen LogP contribution in [0.4, 0.5) is 0 Å². The van der Waals surface area contributed by atoms with Gasteiger partial charge in [0, 0.05) is 45.8 Å². The highest BCUT2D eigenvalue weighted by Gasteiger charge is 2.17. The molecule has 1 aromatic carbocycles. The molecule has 0 bridgehead atoms. The molecule has 2 aliphatic rings. The number of guanidine groups is 1. The van der Waals surface area contributed by atoms with Gasteiger partial charge in [-0.2, -0.15) is 0 Å². The summed E-state index contributed by atoms with van der Waals surface area (Å²) in [5.41, 5.74) is 2.72. The predicted molar refractivity (Wildman–Crippen MR) is 140 cm³/mol. The molecule has 0 spiro atoms. The molecule has 3 rings (SSSR count). The van der Waals surface area contributed by atoms with E-state index < -0.39 is 0 Å². The van der Waals surface area contributed by atoms with Crippen LogP contribution in [0.5, 0.6) is 0 Å². The zero-order valence-electron chi connectivity index (χ0n) is 19.4. The van der Waals surface area contributed by atoms with E-state index >= 15 is 0 Å². The normalized spacial score (nSPS) is 18.6. The standard InChI is InChI=1S/C24H41N5O.HI/c1-25-24(26-13-8-14-28(2)23-11-4-3-5-12-23)27-19-21-9-6-7-10-22(21)20-29-15-17-30-18-16-29;/h6-7,9-10,23H,3-5,8,11-20H2,1-2H3,(H2,25,26,27);1H. The molecule has 0 amide bonds. The van der Waals surface area contributed by atoms with Gasteiger partial charge in [0.1, 0.15) is 0 Å². The Morgan fingerprint density at radius 2 is 1.81 bits per heavy atom. The highest BCUT2D eigenvalue weighted by atomic mass is 127. The number of ether oxygens (including phenoxy) is 1. The van der Waals surface area contributed by atoms with Gasteiger partial charge in [-0.15, -0.1) is 24.0 Å². The van der Waals surface area contributed by atoms with E-state index in [9.17, 15) is 0 Å². The van der Waals surface area contributed by atoms with Crippen LogP contribution in [0.2, 0.25) is 0 Å². The fourth-order valence-electron chi connectivity index (χ4n) is 4.52. The zero-order valence-corrected chi connectivity index (χ0v) is 21.8. The smallest absolute Gasteiger partial charge is 0.191 e. The van der Waals surface area contributed by atoms with Crippen LogP contribution >= 0.6 is 24.0 Å². The molecule has 1 saturated heterocycles. The van der Waals surface area contributed by atoms with Crippen molar-refractivity contribution in [2.45, 2.75) is 57.7 Å². The molecule has 2 N–H and O–H groups in total. The van der Waals surface area contributed by atoms with Crippen LogP contribution in [-0.4, -0.2) is 75.3 Å². The lowest BCUT2D eigenvalue weighted by molar-refractivity contribution is 0.0341. The summed E-state index contributed by atoms with van der Waals surface area (Å²) in [7, 11) is 4.14. The van der Waals surface area contributed by atoms with E-state index in [0.29, 0.717) is 0 Å². The monoisotopic (exact) mass is 543 g/mol. The number of morpholine rings is 1. The highest BCUT2D eigenvalue weighted by Crippen LogP contribution is 2.21. The van der Waals surface area contributed by atoms with Crippen LogP contribution < -0.4 is 10.6 Å². The Morgan fingerprint density at radius 1 is 1.10 bits per heavy atom. The number of hydrogen-bond donors (Lipinski definition) is 2. The lowest BCUT2D eigenvalue weighted by atomic mass is 9.94. The summed E-state index contributed by atoms with van der Waals surface area (Å²) in [6, 6.07) is 9.50. The molecule has 1 heterocycles. The third kappa shape index (κ3) is 9.24. The van der Waals surface area contributed by atoms with Crippen LogP contribution in [0.15, 0.2) is 29.3 Å². The van der Waals surface area contributed by atoms with Gasteiger partial charge in [-0.3, -0.25) is 9.89 Å². The third-order valence-corrected chi connectivity index (χ3v) is 6.46. The number of aliphatic imine (C=N–C) groups is 1. The first kappa shape index (κ1) is 26.4. The van der Waals surface area contributed by atoms with Crippen LogP contribution in [-0.2, 0) is 17.8 Å². The summed E-state index contributed by atoms with van der Waals surface area (Å²) in [4.78, 5) is 9.43. The maximum absolute atomic E-state index is 5.48. The van der Waals surface area contributed by atoms with Crippen molar-refractivity contribution in [2.24, 2.45) is 4.99 Å². The second-order valence-electron chi connectivity index (χ2n) is 8.64. The fourth-order valence-corrected chi connectivity index (χ4v) is 4.52. The Bertz CT molecular complexity index is 645. The predicted octanol–water partition coefficient (Wildman–Crippen LogP) is 3.46. The lowest BCUT2D eigenvalue weighted by Gasteiger charge is -2.31. The minimum atomic E-state index is 0. The largest absolute Gasteiger partial charge is 0.379 e. The Hall–Kier alpha value is -0.900. The van der Waals surface area contributed by atoms with E-state index in [1.807, 2.05) is 7.05 Å². The average molecular weight is 544 g/mol. The van der Waals surface area contributed by atoms with Gasteiger partial charge < -0.3 is 20.3 Å². The summed E-state index contributed by atoms with van der Waals surface area (Å²) in [6.07, 6.45) is 8.10. The van der Waals surface area contributed by atoms with E-state index in [0.717, 1.165) is 70.9 Å². The van der Waals surface area contributed by atoms with Gasteiger partial charge in [0.05, 0.1) is 13.2 Å². The van der Waals surface area contributed by atoms with Gasteiger partial charge in [-0.25, -0.2) is 0 Å². The van der Waals surface area contributed by atoms with Gasteiger partial charge >= 0.3 is 0 Å². The molecule has 31 heavy (non-hydrogen) atoms. The molecule has 2 fully saturated rings. The number of halogens is 1. The summed E-state index contributed by atoms with van der Waals surface area (Å²) in [5.74, 6) is 0.886. The van der Waals surface area contributed by atoms with Crippen molar-refractivity contribution in [1.29, 1.82) is 0 Å². The van der Waals surface area contributed by atoms with Crippen LogP contribution in [0.1, 0.15) is 49.7 Å². The molecule has 7 heteroatoms. The molecule has 0 radical (unpaired) electrons. The molecule has 0 aromatic heterocycles. The summed E-state index contributed by atoms with van der Waals surface area (Å²) in [6.45, 7) is 7.59. The summed E-state index contributed by atoms with van der Waals surface area (Å²) >= 11 is 0. The Kier molecular flexibility index (Phi) is 12.8. The second-order valence-corrected chi connectivity index (χ2v) is 8.64. The van der Waals surface area contributed by atoms with Gasteiger partial charge in [0.25, 0.3) is 0 Å². The number of hydrogen-bond acceptors (Lipinski definition) is 4. The van der Waals surface area contributed by atoms with Crippen molar-refractivity contribution in [3.63, 3.8) is 0 Å². The maximum Gasteiger partial charge on any atom is 0.191 e. The Labute approximate surface area is 206 Å². The van der Waals surface area contributed by atoms with E-state index in [4.69, 9.17) is 4.74 Å². The van der Waals surface area contributed by atoms with E-state index in [1.165, 1.54) is 43.2 Å². The minimum Gasteiger partial charge on any atom is -0.379 e. The van der Waals surface area contributed by atoms with Crippen molar-refractivity contribution in [3.8, 4) is 0 Å². The van der Waals surface area contributed by atoms with Crippen molar-refractivity contribution >= 4 is 29.9 Å². The third-order valence-electron chi connectivity index (χ3n) is 6.46. The molecule has 1 saturated carbocycles. The van der Waals surface area contributed by atoms with Crippen LogP contribution in [0, 0.1) is 0 Å². The highest BCUT2D eigenvalue weighted by molar-refractivity contribution is 14.0. The molecule has 1 aliphatic heterocycles. The van der Waals surface area contributed by atoms with Crippen LogP contribution in [0.3, 0.4) is 0 Å². The molecule has 0 unspecified atom stereocenters. The number of nitrogens with one attached hydrogen (secondary N) is 2. The molecule has 1 aromatic rings. The molecule has 1 aliphatic carbocycles. The van der Waals surface area contributed by atoms with Gasteiger partial charge in [-0.1, -0.05) is 43.5 Å². The van der Waals surface area contributed by atoms with Gasteiger partial charge in [-0.05, 0) is 44.0 Å². The number of benzene rings is 1. The van der Waals surface area contributed by atoms with Crippen molar-refractivity contribution in [1.82, 2.24) is 20.4 Å². The van der Waals surface area contributed by atoms with Crippen molar-refractivity contribution < 1.29 is 4.74 Å². The van der Waals surface area contributed by atoms with E-state index in [-0.39, 0.29) is 24.0 Å². The lowest BCUT2D eigenvalue weighted by Crippen LogP contribution is -2.40. The SMILES string of the molecule is CN=C(NCCCN(C)C1CCCCC1)NCc1ccccc1CN1CCOCC1.I. The van der Waals surface area contributed by atoms with Gasteiger partial charge in [0.15, 0.2) is 5.96 Å². The molecular weight excluding hydrogens is 501 g/mol. The molecular formula is C24H42IN5O. The van der Waals surface area contributed by atoms with E-state index in [2.05, 4.69) is 56.7 Å². The number of rotatable bonds is 9. The average Bonchev–Trinajstić information content (AvgIpc) is 2.80. The van der Waals surface area contributed by atoms with Crippen molar-refractivity contribution in [3.05, 3.63) is 35.4 Å². The van der Waals surface area contributed by atoms with Gasteiger partial charge in [0.2, 0.25) is 0 Å². The summed E-state index contributed by atoms with van der Waals surface area (Å²) < 4.78 is 5.48. The topological polar surface area (TPSA) is 52.1 Å². The fraction of sp³-hybridized carbons (Fsp3) is 0.708. The number of nitrogens with zero attached hydrogens (tertiary/aromatic N) is 3. The first-order chi connectivity index (χ1) is 14.8. The molecule has 176 valence electrons. The van der Waals surface area contributed by atoms with E-state index in [1.54, 1.807) is 0 Å². The molecule has 0 atom stereocenters. The summed E-state index contributed by atoms with van der Waals surface area (Å²) in [5, 5.41) is 6.98. The Balaban J connectivity index is 0.00000341.